The highest BCUT2D eigenvalue weighted by Crippen LogP contribution is 2.19. The van der Waals surface area contributed by atoms with Crippen LogP contribution in [0.5, 0.6) is 0 Å². The minimum atomic E-state index is 0.485. The highest BCUT2D eigenvalue weighted by atomic mass is 15.0. The Hall–Kier alpha value is -1.12. The van der Waals surface area contributed by atoms with Gasteiger partial charge in [-0.2, -0.15) is 0 Å². The van der Waals surface area contributed by atoms with Crippen molar-refractivity contribution in [3.63, 3.8) is 0 Å². The average Bonchev–Trinajstić information content (AvgIpc) is 2.44. The van der Waals surface area contributed by atoms with Crippen LogP contribution in [0.2, 0.25) is 0 Å². The molecule has 17 heavy (non-hydrogen) atoms. The summed E-state index contributed by atoms with van der Waals surface area (Å²) in [5.41, 5.74) is 0.911. The van der Waals surface area contributed by atoms with Crippen molar-refractivity contribution in [3.05, 3.63) is 12.3 Å². The maximum atomic E-state index is 4.70. The fourth-order valence-electron chi connectivity index (χ4n) is 2.26. The first-order valence-electron chi connectivity index (χ1n) is 6.60. The number of aliphatic imine (C=N–C) groups is 2. The molecule has 0 bridgehead atoms. The van der Waals surface area contributed by atoms with Crippen LogP contribution in [0.1, 0.15) is 59.3 Å². The van der Waals surface area contributed by atoms with Crippen LogP contribution in [-0.4, -0.2) is 17.7 Å². The Bertz CT molecular complexity index is 307. The Morgan fingerprint density at radius 1 is 1.06 bits per heavy atom. The normalized spacial score (nSPS) is 19.9. The first-order valence-corrected chi connectivity index (χ1v) is 6.60. The minimum absolute atomic E-state index is 0.485. The Kier molecular flexibility index (Phi) is 5.95. The topological polar surface area (TPSA) is 36.8 Å². The van der Waals surface area contributed by atoms with Crippen LogP contribution in [0.15, 0.2) is 22.3 Å². The maximum Gasteiger partial charge on any atom is 0.122 e. The van der Waals surface area contributed by atoms with Crippen molar-refractivity contribution in [2.75, 3.05) is 0 Å². The van der Waals surface area contributed by atoms with E-state index in [1.165, 1.54) is 38.5 Å². The molecular formula is C14H25N3. The predicted octanol–water partition coefficient (Wildman–Crippen LogP) is 3.67. The monoisotopic (exact) mass is 235 g/mol. The molecule has 0 aromatic rings. The van der Waals surface area contributed by atoms with E-state index < -0.39 is 0 Å². The van der Waals surface area contributed by atoms with Crippen LogP contribution in [-0.2, 0) is 0 Å². The molecule has 1 fully saturated rings. The number of allylic oxidation sites excluding steroid dienone is 1. The fraction of sp³-hybridized carbons (Fsp3) is 0.714. The zero-order chi connectivity index (χ0) is 12.7. The van der Waals surface area contributed by atoms with Crippen molar-refractivity contribution >= 4 is 11.7 Å². The summed E-state index contributed by atoms with van der Waals surface area (Å²) in [5, 5.41) is 3.10. The molecule has 0 aliphatic heterocycles. The van der Waals surface area contributed by atoms with E-state index in [1.54, 1.807) is 0 Å². The number of amidine groups is 2. The van der Waals surface area contributed by atoms with E-state index in [-0.39, 0.29) is 0 Å². The molecule has 1 saturated carbocycles. The third kappa shape index (κ3) is 6.25. The second-order valence-electron chi connectivity index (χ2n) is 4.92. The van der Waals surface area contributed by atoms with Gasteiger partial charge in [-0.3, -0.25) is 4.99 Å². The molecule has 0 aromatic carbocycles. The molecule has 3 heteroatoms. The molecule has 0 atom stereocenters. The Labute approximate surface area is 105 Å². The van der Waals surface area contributed by atoms with Gasteiger partial charge in [0.05, 0.1) is 6.04 Å². The van der Waals surface area contributed by atoms with Gasteiger partial charge in [0, 0.05) is 5.70 Å². The third-order valence-corrected chi connectivity index (χ3v) is 2.92. The summed E-state index contributed by atoms with van der Waals surface area (Å²) in [6, 6.07) is 0.485. The Balaban J connectivity index is 2.54. The molecule has 0 aromatic heterocycles. The third-order valence-electron chi connectivity index (χ3n) is 2.92. The number of nitrogens with zero attached hydrogens (tertiary/aromatic N) is 2. The SMILES string of the molecule is C=C(C)NC(C)=NC(C)=NC1CCCCCC1. The van der Waals surface area contributed by atoms with Crippen LogP contribution in [0.25, 0.3) is 0 Å². The largest absolute Gasteiger partial charge is 0.348 e. The summed E-state index contributed by atoms with van der Waals surface area (Å²) in [7, 11) is 0. The predicted molar refractivity (Wildman–Crippen MR) is 75.7 cm³/mol. The van der Waals surface area contributed by atoms with Crippen LogP contribution >= 0.6 is 0 Å². The zero-order valence-electron chi connectivity index (χ0n) is 11.4. The summed E-state index contributed by atoms with van der Waals surface area (Å²) in [6.45, 7) is 9.65. The van der Waals surface area contributed by atoms with Crippen molar-refractivity contribution in [2.24, 2.45) is 9.98 Å². The van der Waals surface area contributed by atoms with E-state index in [1.807, 2.05) is 20.8 Å². The molecular weight excluding hydrogens is 210 g/mol. The van der Waals surface area contributed by atoms with Gasteiger partial charge in [-0.05, 0) is 33.6 Å². The summed E-state index contributed by atoms with van der Waals surface area (Å²) in [5.74, 6) is 1.75. The summed E-state index contributed by atoms with van der Waals surface area (Å²) < 4.78 is 0. The van der Waals surface area contributed by atoms with Crippen LogP contribution in [0.4, 0.5) is 0 Å². The van der Waals surface area contributed by atoms with Gasteiger partial charge in [0.25, 0.3) is 0 Å². The molecule has 0 radical (unpaired) electrons. The lowest BCUT2D eigenvalue weighted by molar-refractivity contribution is 0.585. The van der Waals surface area contributed by atoms with Crippen LogP contribution in [0, 0.1) is 0 Å². The molecule has 1 rings (SSSR count). The second kappa shape index (κ2) is 7.25. The first kappa shape index (κ1) is 13.9. The Morgan fingerprint density at radius 2 is 1.65 bits per heavy atom. The first-order chi connectivity index (χ1) is 8.08. The lowest BCUT2D eigenvalue weighted by Crippen LogP contribution is -2.18. The van der Waals surface area contributed by atoms with Gasteiger partial charge in [0.2, 0.25) is 0 Å². The summed E-state index contributed by atoms with van der Waals surface area (Å²) >= 11 is 0. The molecule has 0 spiro atoms. The fourth-order valence-corrected chi connectivity index (χ4v) is 2.26. The minimum Gasteiger partial charge on any atom is -0.348 e. The van der Waals surface area contributed by atoms with Crippen LogP contribution < -0.4 is 5.32 Å². The quantitative estimate of drug-likeness (QED) is 0.442. The van der Waals surface area contributed by atoms with Gasteiger partial charge >= 0.3 is 0 Å². The number of rotatable bonds is 2. The van der Waals surface area contributed by atoms with E-state index in [9.17, 15) is 0 Å². The summed E-state index contributed by atoms with van der Waals surface area (Å²) in [4.78, 5) is 9.14. The highest BCUT2D eigenvalue weighted by Gasteiger charge is 2.10. The van der Waals surface area contributed by atoms with Gasteiger partial charge in [-0.25, -0.2) is 4.99 Å². The van der Waals surface area contributed by atoms with Crippen molar-refractivity contribution in [3.8, 4) is 0 Å². The molecule has 1 aliphatic carbocycles. The van der Waals surface area contributed by atoms with E-state index >= 15 is 0 Å². The molecule has 1 aliphatic rings. The molecule has 0 amide bonds. The molecule has 0 unspecified atom stereocenters. The average molecular weight is 235 g/mol. The van der Waals surface area contributed by atoms with Gasteiger partial charge in [0.15, 0.2) is 0 Å². The number of hydrogen-bond donors (Lipinski definition) is 1. The smallest absolute Gasteiger partial charge is 0.122 e. The van der Waals surface area contributed by atoms with E-state index in [0.717, 1.165) is 17.4 Å². The molecule has 0 saturated heterocycles. The standard InChI is InChI=1S/C14H25N3/c1-11(2)15-12(3)16-13(4)17-14-9-7-5-6-8-10-14/h14H,1,5-10H2,2-4H3,(H,15,16,17). The molecule has 3 nitrogen and oxygen atoms in total. The Morgan fingerprint density at radius 3 is 2.18 bits per heavy atom. The number of nitrogens with one attached hydrogen (secondary N) is 1. The lowest BCUT2D eigenvalue weighted by Gasteiger charge is -2.09. The molecule has 1 N–H and O–H groups in total. The molecule has 0 heterocycles. The maximum absolute atomic E-state index is 4.70. The zero-order valence-corrected chi connectivity index (χ0v) is 11.4. The van der Waals surface area contributed by atoms with E-state index in [4.69, 9.17) is 4.99 Å². The van der Waals surface area contributed by atoms with Crippen molar-refractivity contribution in [2.45, 2.75) is 65.3 Å². The van der Waals surface area contributed by atoms with Gasteiger partial charge in [-0.15, -0.1) is 0 Å². The lowest BCUT2D eigenvalue weighted by atomic mass is 10.1. The van der Waals surface area contributed by atoms with Gasteiger partial charge in [-0.1, -0.05) is 32.3 Å². The molecule has 96 valence electrons. The second-order valence-corrected chi connectivity index (χ2v) is 4.92. The van der Waals surface area contributed by atoms with Crippen molar-refractivity contribution in [1.29, 1.82) is 0 Å². The van der Waals surface area contributed by atoms with Gasteiger partial charge < -0.3 is 5.32 Å². The van der Waals surface area contributed by atoms with E-state index in [2.05, 4.69) is 16.9 Å². The van der Waals surface area contributed by atoms with Crippen molar-refractivity contribution in [1.82, 2.24) is 5.32 Å². The van der Waals surface area contributed by atoms with Crippen molar-refractivity contribution < 1.29 is 0 Å². The van der Waals surface area contributed by atoms with Crippen LogP contribution in [0.3, 0.4) is 0 Å². The van der Waals surface area contributed by atoms with Gasteiger partial charge in [0.1, 0.15) is 11.7 Å². The number of hydrogen-bond acceptors (Lipinski definition) is 1. The summed E-state index contributed by atoms with van der Waals surface area (Å²) in [6.07, 6.45) is 7.80. The highest BCUT2D eigenvalue weighted by molar-refractivity contribution is 5.95. The van der Waals surface area contributed by atoms with E-state index in [0.29, 0.717) is 6.04 Å².